The Morgan fingerprint density at radius 2 is 2.00 bits per heavy atom. The van der Waals surface area contributed by atoms with Crippen molar-refractivity contribution in [3.63, 3.8) is 0 Å². The average Bonchev–Trinajstić information content (AvgIpc) is 2.97. The van der Waals surface area contributed by atoms with Crippen molar-refractivity contribution in [2.75, 3.05) is 45.7 Å². The molecular weight excluding hydrogens is 396 g/mol. The van der Waals surface area contributed by atoms with Crippen LogP contribution in [0, 0.1) is 5.41 Å². The lowest BCUT2D eigenvalue weighted by atomic mass is 10.0. The molecule has 2 N–H and O–H groups in total. The van der Waals surface area contributed by atoms with Gasteiger partial charge in [-0.15, -0.1) is 0 Å². The number of anilines is 1. The summed E-state index contributed by atoms with van der Waals surface area (Å²) in [6, 6.07) is 15.1. The van der Waals surface area contributed by atoms with Crippen LogP contribution in [0.1, 0.15) is 12.0 Å². The van der Waals surface area contributed by atoms with Crippen LogP contribution < -0.4 is 10.2 Å². The summed E-state index contributed by atoms with van der Waals surface area (Å²) in [6.07, 6.45) is 4.36. The van der Waals surface area contributed by atoms with Crippen molar-refractivity contribution in [3.8, 4) is 0 Å². The van der Waals surface area contributed by atoms with E-state index >= 15 is 0 Å². The summed E-state index contributed by atoms with van der Waals surface area (Å²) in [6.45, 7) is 4.02. The molecule has 5 rings (SSSR count). The normalized spacial score (nSPS) is 14.5. The first-order valence-corrected chi connectivity index (χ1v) is 11.2. The standard InChI is InChI=1S/C26H30N6/c1-28-17-19(16-27)18-9-10-20-22(15-18)29-24-21-7-4-5-8-23(21)32-12-6-11-31(14-13-30(2)3)25(20)26(24)32/h4-5,7-10,15-17,27-28H,6,11-14H2,1-3H3/b19-17+,27-16?. The summed E-state index contributed by atoms with van der Waals surface area (Å²) in [5.74, 6) is 0. The van der Waals surface area contributed by atoms with Gasteiger partial charge in [0.1, 0.15) is 0 Å². The van der Waals surface area contributed by atoms with E-state index in [-0.39, 0.29) is 0 Å². The van der Waals surface area contributed by atoms with Gasteiger partial charge in [0.05, 0.1) is 27.8 Å². The van der Waals surface area contributed by atoms with Gasteiger partial charge < -0.3 is 25.1 Å². The second-order valence-electron chi connectivity index (χ2n) is 8.73. The Morgan fingerprint density at radius 1 is 1.16 bits per heavy atom. The third kappa shape index (κ3) is 3.31. The minimum Gasteiger partial charge on any atom is -0.393 e. The lowest BCUT2D eigenvalue weighted by molar-refractivity contribution is 0.412. The number of pyridine rings is 1. The highest BCUT2D eigenvalue weighted by molar-refractivity contribution is 6.17. The molecule has 0 saturated heterocycles. The number of nitrogens with zero attached hydrogens (tertiary/aromatic N) is 4. The van der Waals surface area contributed by atoms with E-state index in [0.717, 1.165) is 54.8 Å². The van der Waals surface area contributed by atoms with Gasteiger partial charge >= 0.3 is 0 Å². The second kappa shape index (κ2) is 8.28. The van der Waals surface area contributed by atoms with Crippen molar-refractivity contribution in [3.05, 3.63) is 54.2 Å². The zero-order valence-corrected chi connectivity index (χ0v) is 19.0. The van der Waals surface area contributed by atoms with Crippen molar-refractivity contribution in [2.45, 2.75) is 13.0 Å². The molecule has 164 valence electrons. The molecule has 3 heterocycles. The van der Waals surface area contributed by atoms with Crippen LogP contribution in [0.2, 0.25) is 0 Å². The van der Waals surface area contributed by atoms with E-state index in [0.29, 0.717) is 0 Å². The molecule has 4 aromatic rings. The summed E-state index contributed by atoms with van der Waals surface area (Å²) in [4.78, 5) is 10.00. The summed E-state index contributed by atoms with van der Waals surface area (Å²) in [7, 11) is 6.13. The monoisotopic (exact) mass is 426 g/mol. The number of hydrogen-bond acceptors (Lipinski definition) is 5. The number of likely N-dealkylation sites (N-methyl/N-ethyl adjacent to an activating group) is 1. The number of hydrogen-bond donors (Lipinski definition) is 2. The third-order valence-electron chi connectivity index (χ3n) is 6.39. The van der Waals surface area contributed by atoms with Gasteiger partial charge in [-0.1, -0.05) is 30.3 Å². The van der Waals surface area contributed by atoms with Crippen molar-refractivity contribution in [2.24, 2.45) is 0 Å². The zero-order chi connectivity index (χ0) is 22.2. The SMILES string of the molecule is CN/C=C(\C=N)c1ccc2c3c4c(nc2c1)c1ccccc1n4CCCN3CCN(C)C. The van der Waals surface area contributed by atoms with Crippen LogP contribution >= 0.6 is 0 Å². The molecular formula is C26H30N6. The van der Waals surface area contributed by atoms with E-state index in [1.807, 2.05) is 13.2 Å². The Kier molecular flexibility index (Phi) is 5.31. The molecule has 6 heteroatoms. The summed E-state index contributed by atoms with van der Waals surface area (Å²) in [5.41, 5.74) is 7.70. The molecule has 2 aromatic carbocycles. The lowest BCUT2D eigenvalue weighted by Crippen LogP contribution is -2.32. The highest BCUT2D eigenvalue weighted by Crippen LogP contribution is 2.41. The van der Waals surface area contributed by atoms with E-state index in [4.69, 9.17) is 10.4 Å². The molecule has 0 spiro atoms. The fourth-order valence-corrected chi connectivity index (χ4v) is 4.88. The number of aromatic nitrogens is 2. The van der Waals surface area contributed by atoms with Crippen molar-refractivity contribution < 1.29 is 0 Å². The van der Waals surface area contributed by atoms with Gasteiger partial charge in [-0.05, 0) is 38.2 Å². The molecule has 6 nitrogen and oxygen atoms in total. The van der Waals surface area contributed by atoms with Gasteiger partial charge in [-0.2, -0.15) is 0 Å². The highest BCUT2D eigenvalue weighted by Gasteiger charge is 2.24. The largest absolute Gasteiger partial charge is 0.393 e. The molecule has 0 radical (unpaired) electrons. The van der Waals surface area contributed by atoms with E-state index in [9.17, 15) is 0 Å². The van der Waals surface area contributed by atoms with Crippen LogP contribution in [0.4, 0.5) is 5.69 Å². The first-order chi connectivity index (χ1) is 15.6. The Hall–Kier alpha value is -3.38. The maximum absolute atomic E-state index is 7.82. The van der Waals surface area contributed by atoms with Crippen molar-refractivity contribution in [1.82, 2.24) is 19.8 Å². The number of fused-ring (bicyclic) bond motifs is 5. The minimum atomic E-state index is 0.842. The number of aryl methyl sites for hydroxylation is 1. The molecule has 1 aliphatic heterocycles. The zero-order valence-electron chi connectivity index (χ0n) is 19.0. The van der Waals surface area contributed by atoms with Gasteiger partial charge in [0.25, 0.3) is 0 Å². The van der Waals surface area contributed by atoms with E-state index in [1.165, 1.54) is 33.7 Å². The van der Waals surface area contributed by atoms with Gasteiger partial charge in [0, 0.05) is 62.0 Å². The average molecular weight is 427 g/mol. The van der Waals surface area contributed by atoms with Crippen molar-refractivity contribution in [1.29, 1.82) is 5.41 Å². The maximum Gasteiger partial charge on any atom is 0.0988 e. The summed E-state index contributed by atoms with van der Waals surface area (Å²) < 4.78 is 2.47. The molecule has 0 amide bonds. The first kappa shape index (κ1) is 20.5. The second-order valence-corrected chi connectivity index (χ2v) is 8.73. The number of allylic oxidation sites excluding steroid dienone is 1. The quantitative estimate of drug-likeness (QED) is 0.451. The molecule has 2 aromatic heterocycles. The van der Waals surface area contributed by atoms with Crippen LogP contribution in [0.25, 0.3) is 38.4 Å². The van der Waals surface area contributed by atoms with Gasteiger partial charge in [0.15, 0.2) is 0 Å². The van der Waals surface area contributed by atoms with Crippen LogP contribution in [-0.4, -0.2) is 61.4 Å². The molecule has 0 bridgehead atoms. The van der Waals surface area contributed by atoms with Crippen LogP contribution in [0.3, 0.4) is 0 Å². The van der Waals surface area contributed by atoms with Crippen LogP contribution in [0.15, 0.2) is 48.7 Å². The van der Waals surface area contributed by atoms with Crippen molar-refractivity contribution >= 4 is 50.3 Å². The predicted molar refractivity (Wildman–Crippen MR) is 136 cm³/mol. The molecule has 0 aliphatic carbocycles. The predicted octanol–water partition coefficient (Wildman–Crippen LogP) is 4.32. The van der Waals surface area contributed by atoms with E-state index < -0.39 is 0 Å². The Balaban J connectivity index is 1.84. The number of rotatable bonds is 6. The third-order valence-corrected chi connectivity index (χ3v) is 6.39. The first-order valence-electron chi connectivity index (χ1n) is 11.2. The van der Waals surface area contributed by atoms with E-state index in [2.05, 4.69) is 76.2 Å². The number of para-hydroxylation sites is 1. The Bertz CT molecular complexity index is 1350. The van der Waals surface area contributed by atoms with E-state index in [1.54, 1.807) is 0 Å². The number of nitrogens with one attached hydrogen (secondary N) is 2. The minimum absolute atomic E-state index is 0.842. The van der Waals surface area contributed by atoms with Gasteiger partial charge in [-0.3, -0.25) is 0 Å². The summed E-state index contributed by atoms with van der Waals surface area (Å²) >= 11 is 0. The number of benzene rings is 2. The molecule has 0 saturated carbocycles. The molecule has 1 aliphatic rings. The smallest absolute Gasteiger partial charge is 0.0988 e. The van der Waals surface area contributed by atoms with Crippen LogP contribution in [-0.2, 0) is 6.54 Å². The Labute approximate surface area is 188 Å². The Morgan fingerprint density at radius 3 is 2.78 bits per heavy atom. The fourth-order valence-electron chi connectivity index (χ4n) is 4.88. The van der Waals surface area contributed by atoms with Gasteiger partial charge in [-0.25, -0.2) is 4.98 Å². The van der Waals surface area contributed by atoms with Crippen LogP contribution in [0.5, 0.6) is 0 Å². The molecule has 0 fully saturated rings. The summed E-state index contributed by atoms with van der Waals surface area (Å²) in [5, 5.41) is 13.3. The topological polar surface area (TPSA) is 60.2 Å². The highest BCUT2D eigenvalue weighted by atomic mass is 15.2. The maximum atomic E-state index is 7.82. The van der Waals surface area contributed by atoms with Gasteiger partial charge in [0.2, 0.25) is 0 Å². The molecule has 32 heavy (non-hydrogen) atoms. The molecule has 0 unspecified atom stereocenters. The molecule has 0 atom stereocenters. The lowest BCUT2D eigenvalue weighted by Gasteiger charge is -2.27. The fraction of sp³-hybridized carbons (Fsp3) is 0.308.